The van der Waals surface area contributed by atoms with Crippen molar-refractivity contribution >= 4 is 28.4 Å². The van der Waals surface area contributed by atoms with Crippen molar-refractivity contribution in [3.05, 3.63) is 45.9 Å². The average molecular weight is 340 g/mol. The molecule has 3 rings (SSSR count). The van der Waals surface area contributed by atoms with E-state index in [2.05, 4.69) is 10.3 Å². The molecule has 0 fully saturated rings. The van der Waals surface area contributed by atoms with E-state index < -0.39 is 0 Å². The van der Waals surface area contributed by atoms with Crippen LogP contribution in [-0.2, 0) is 6.54 Å². The Labute approximate surface area is 145 Å². The number of carbonyl (C=O) groups excluding carboxylic acids is 1. The number of nitrogen functional groups attached to an aromatic ring is 1. The molecule has 0 atom stereocenters. The van der Waals surface area contributed by atoms with Gasteiger partial charge in [-0.2, -0.15) is 0 Å². The average Bonchev–Trinajstić information content (AvgIpc) is 2.58. The number of nitrogens with two attached hydrogens (primary N) is 1. The van der Waals surface area contributed by atoms with Crippen LogP contribution >= 0.6 is 0 Å². The van der Waals surface area contributed by atoms with Gasteiger partial charge in [-0.3, -0.25) is 14.0 Å². The number of pyridine rings is 2. The molecule has 0 aromatic carbocycles. The Kier molecular flexibility index (Phi) is 4.39. The fourth-order valence-corrected chi connectivity index (χ4v) is 2.94. The summed E-state index contributed by atoms with van der Waals surface area (Å²) < 4.78 is 3.26. The number of fused-ring (bicyclic) bond motifs is 2. The van der Waals surface area contributed by atoms with Crippen LogP contribution in [0.3, 0.4) is 0 Å². The Balaban J connectivity index is 2.44. The summed E-state index contributed by atoms with van der Waals surface area (Å²) in [6, 6.07) is 5.26. The van der Waals surface area contributed by atoms with Crippen LogP contribution in [0.25, 0.3) is 16.7 Å². The van der Waals surface area contributed by atoms with Gasteiger partial charge in [-0.15, -0.1) is 0 Å². The summed E-state index contributed by atoms with van der Waals surface area (Å²) in [5, 5.41) is 3.12. The van der Waals surface area contributed by atoms with Crippen molar-refractivity contribution in [3.8, 4) is 0 Å². The molecule has 0 aliphatic rings. The van der Waals surface area contributed by atoms with E-state index in [9.17, 15) is 9.59 Å². The van der Waals surface area contributed by atoms with Gasteiger partial charge in [0.25, 0.3) is 17.1 Å². The van der Waals surface area contributed by atoms with Crippen LogP contribution in [-0.4, -0.2) is 21.8 Å². The molecule has 3 aromatic rings. The number of carbonyl (C=O) groups is 1. The third-order valence-corrected chi connectivity index (χ3v) is 4.13. The number of nitrogens with one attached hydrogen (secondary N) is 1. The minimum absolute atomic E-state index is 0.209. The smallest absolute Gasteiger partial charge is 0.278 e. The van der Waals surface area contributed by atoms with Crippen LogP contribution in [0.5, 0.6) is 0 Å². The molecule has 0 spiro atoms. The summed E-state index contributed by atoms with van der Waals surface area (Å²) >= 11 is 0. The quantitative estimate of drug-likeness (QED) is 0.551. The topological polar surface area (TPSA) is 93.4 Å². The van der Waals surface area contributed by atoms with E-state index in [1.165, 1.54) is 4.40 Å². The van der Waals surface area contributed by atoms with Crippen molar-refractivity contribution in [2.75, 3.05) is 12.3 Å². The maximum absolute atomic E-state index is 13.0. The van der Waals surface area contributed by atoms with Crippen molar-refractivity contribution in [1.29, 1.82) is 0 Å². The maximum atomic E-state index is 13.0. The first-order chi connectivity index (χ1) is 12.0. The van der Waals surface area contributed by atoms with Crippen molar-refractivity contribution in [2.24, 2.45) is 0 Å². The maximum Gasteiger partial charge on any atom is 0.278 e. The van der Waals surface area contributed by atoms with Crippen molar-refractivity contribution in [2.45, 2.75) is 33.7 Å². The number of amides is 1. The van der Waals surface area contributed by atoms with Gasteiger partial charge in [0.2, 0.25) is 11.5 Å². The molecule has 25 heavy (non-hydrogen) atoms. The van der Waals surface area contributed by atoms with Crippen molar-refractivity contribution < 1.29 is 9.36 Å². The van der Waals surface area contributed by atoms with E-state index in [1.54, 1.807) is 22.9 Å². The molecule has 0 saturated carbocycles. The third kappa shape index (κ3) is 2.82. The highest BCUT2D eigenvalue weighted by molar-refractivity contribution is 6.00. The Morgan fingerprint density at radius 3 is 2.80 bits per heavy atom. The summed E-state index contributed by atoms with van der Waals surface area (Å²) in [7, 11) is 0. The molecule has 0 bridgehead atoms. The zero-order valence-electron chi connectivity index (χ0n) is 14.7. The van der Waals surface area contributed by atoms with Crippen molar-refractivity contribution in [1.82, 2.24) is 14.7 Å². The standard InChI is InChI=1S/C18H21N5O2/c1-4-8-22-15(19)12(17(24)20-5-2)9-13-16(22)21-14-7-6-11(3)10-23(14)18(13)25/h6-7,9-10,19H,4-5,8H2,1-3H3,(H,20,24)/p+1. The minimum atomic E-state index is -0.291. The lowest BCUT2D eigenvalue weighted by molar-refractivity contribution is -0.658. The summed E-state index contributed by atoms with van der Waals surface area (Å²) in [6.07, 6.45) is 2.55. The van der Waals surface area contributed by atoms with Gasteiger partial charge in [-0.05, 0) is 38.0 Å². The molecule has 3 aromatic heterocycles. The van der Waals surface area contributed by atoms with E-state index in [0.29, 0.717) is 41.2 Å². The molecule has 0 aliphatic carbocycles. The van der Waals surface area contributed by atoms with Gasteiger partial charge in [0, 0.05) is 12.7 Å². The second-order valence-corrected chi connectivity index (χ2v) is 6.04. The highest BCUT2D eigenvalue weighted by atomic mass is 16.1. The molecule has 3 heterocycles. The van der Waals surface area contributed by atoms with Crippen LogP contribution in [0.2, 0.25) is 0 Å². The molecule has 1 amide bonds. The summed E-state index contributed by atoms with van der Waals surface area (Å²) in [5.41, 5.74) is 8.34. The molecule has 130 valence electrons. The highest BCUT2D eigenvalue weighted by Gasteiger charge is 2.23. The van der Waals surface area contributed by atoms with E-state index >= 15 is 0 Å². The number of aryl methyl sites for hydroxylation is 2. The first-order valence-corrected chi connectivity index (χ1v) is 8.41. The molecule has 7 nitrogen and oxygen atoms in total. The second-order valence-electron chi connectivity index (χ2n) is 6.04. The molecule has 0 radical (unpaired) electrons. The van der Waals surface area contributed by atoms with Gasteiger partial charge in [-0.1, -0.05) is 18.0 Å². The zero-order valence-corrected chi connectivity index (χ0v) is 14.7. The van der Waals surface area contributed by atoms with Crippen LogP contribution in [0.4, 0.5) is 5.82 Å². The van der Waals surface area contributed by atoms with Crippen molar-refractivity contribution in [3.63, 3.8) is 0 Å². The lowest BCUT2D eigenvalue weighted by Crippen LogP contribution is -2.42. The number of aromatic nitrogens is 3. The summed E-state index contributed by atoms with van der Waals surface area (Å²) in [6.45, 7) is 6.81. The number of hydrogen-bond donors (Lipinski definition) is 2. The fourth-order valence-electron chi connectivity index (χ4n) is 2.94. The highest BCUT2D eigenvalue weighted by Crippen LogP contribution is 2.15. The van der Waals surface area contributed by atoms with Gasteiger partial charge >= 0.3 is 0 Å². The number of anilines is 1. The first kappa shape index (κ1) is 16.9. The predicted octanol–water partition coefficient (Wildman–Crippen LogP) is 1.19. The van der Waals surface area contributed by atoms with E-state index in [0.717, 1.165) is 12.0 Å². The van der Waals surface area contributed by atoms with Gasteiger partial charge in [-0.25, -0.2) is 4.57 Å². The third-order valence-electron chi connectivity index (χ3n) is 4.13. The molecule has 0 aliphatic heterocycles. The SMILES string of the molecule is CCC[n+]1c(N)c(C(=O)NCC)cc2c(=O)n3cc(C)ccc3nc21. The lowest BCUT2D eigenvalue weighted by Gasteiger charge is -2.11. The monoisotopic (exact) mass is 340 g/mol. The molecule has 0 unspecified atom stereocenters. The van der Waals surface area contributed by atoms with Crippen LogP contribution < -0.4 is 21.2 Å². The van der Waals surface area contributed by atoms with Crippen LogP contribution in [0.1, 0.15) is 36.2 Å². The summed E-state index contributed by atoms with van der Waals surface area (Å²) in [5.74, 6) is 0.0316. The van der Waals surface area contributed by atoms with Crippen LogP contribution in [0, 0.1) is 6.92 Å². The largest absolute Gasteiger partial charge is 0.352 e. The second kappa shape index (κ2) is 6.51. The molecular formula is C18H22N5O2+. The van der Waals surface area contributed by atoms with Gasteiger partial charge in [0.05, 0.1) is 6.54 Å². The molecule has 7 heteroatoms. The predicted molar refractivity (Wildman–Crippen MR) is 96.6 cm³/mol. The van der Waals surface area contributed by atoms with Gasteiger partial charge < -0.3 is 11.1 Å². The Bertz CT molecular complexity index is 1040. The Morgan fingerprint density at radius 2 is 2.12 bits per heavy atom. The summed E-state index contributed by atoms with van der Waals surface area (Å²) in [4.78, 5) is 30.0. The normalized spacial score (nSPS) is 11.2. The van der Waals surface area contributed by atoms with E-state index in [-0.39, 0.29) is 11.5 Å². The van der Waals surface area contributed by atoms with E-state index in [4.69, 9.17) is 5.73 Å². The number of nitrogens with zero attached hydrogens (tertiary/aromatic N) is 3. The molecule has 0 saturated heterocycles. The fraction of sp³-hybridized carbons (Fsp3) is 0.333. The minimum Gasteiger partial charge on any atom is -0.352 e. The molecular weight excluding hydrogens is 318 g/mol. The molecule has 3 N–H and O–H groups in total. The lowest BCUT2D eigenvalue weighted by atomic mass is 10.1. The van der Waals surface area contributed by atoms with Crippen LogP contribution in [0.15, 0.2) is 29.2 Å². The number of rotatable bonds is 4. The Hall–Kier alpha value is -2.96. The zero-order chi connectivity index (χ0) is 18.1. The first-order valence-electron chi connectivity index (χ1n) is 8.41. The van der Waals surface area contributed by atoms with E-state index in [1.807, 2.05) is 26.8 Å². The number of hydrogen-bond acceptors (Lipinski definition) is 4. The Morgan fingerprint density at radius 1 is 1.36 bits per heavy atom. The van der Waals surface area contributed by atoms with Gasteiger partial charge in [0.15, 0.2) is 0 Å². The van der Waals surface area contributed by atoms with Gasteiger partial charge in [0.1, 0.15) is 10.9 Å².